The molecule has 0 saturated carbocycles. The van der Waals surface area contributed by atoms with Crippen LogP contribution < -0.4 is 5.32 Å². The van der Waals surface area contributed by atoms with E-state index in [1.54, 1.807) is 30.5 Å². The predicted molar refractivity (Wildman–Crippen MR) is 124 cm³/mol. The minimum Gasteiger partial charge on any atom is -0.368 e. The summed E-state index contributed by atoms with van der Waals surface area (Å²) in [5, 5.41) is 3.86. The van der Waals surface area contributed by atoms with Crippen LogP contribution in [0, 0.1) is 6.92 Å². The van der Waals surface area contributed by atoms with Crippen LogP contribution in [0.25, 0.3) is 11.0 Å². The van der Waals surface area contributed by atoms with Crippen LogP contribution in [0.4, 0.5) is 24.1 Å². The van der Waals surface area contributed by atoms with E-state index in [9.17, 15) is 18.0 Å². The molecule has 1 unspecified atom stereocenters. The van der Waals surface area contributed by atoms with Crippen molar-refractivity contribution >= 4 is 39.2 Å². The van der Waals surface area contributed by atoms with E-state index in [1.165, 1.54) is 28.4 Å². The first-order valence-electron chi connectivity index (χ1n) is 10.9. The number of anilines is 2. The third-order valence-electron chi connectivity index (χ3n) is 5.58. The molecule has 1 amide bonds. The monoisotopic (exact) mass is 502 g/mol. The van der Waals surface area contributed by atoms with Crippen LogP contribution in [0.15, 0.2) is 48.7 Å². The highest BCUT2D eigenvalue weighted by Gasteiger charge is 2.38. The molecule has 1 N–H and O–H groups in total. The van der Waals surface area contributed by atoms with Crippen molar-refractivity contribution in [2.45, 2.75) is 25.7 Å². The summed E-state index contributed by atoms with van der Waals surface area (Å²) in [6.45, 7) is 2.19. The molecule has 8 nitrogen and oxygen atoms in total. The minimum absolute atomic E-state index is 0.180. The number of fused-ring (bicyclic) bond motifs is 1. The summed E-state index contributed by atoms with van der Waals surface area (Å²) in [4.78, 5) is 28.2. The van der Waals surface area contributed by atoms with Gasteiger partial charge in [-0.05, 0) is 31.2 Å². The van der Waals surface area contributed by atoms with E-state index in [1.807, 2.05) is 13.0 Å². The number of nitrogens with one attached hydrogen (secondary N) is 1. The Morgan fingerprint density at radius 3 is 2.80 bits per heavy atom. The number of amides is 1. The average Bonchev–Trinajstić information content (AvgIpc) is 3.42. The molecule has 1 aliphatic heterocycles. The van der Waals surface area contributed by atoms with Crippen LogP contribution in [0.1, 0.15) is 22.5 Å². The van der Waals surface area contributed by atoms with Gasteiger partial charge in [-0.3, -0.25) is 4.79 Å². The Hall–Kier alpha value is -3.51. The number of pyridine rings is 1. The second-order valence-corrected chi connectivity index (χ2v) is 9.29. The fourth-order valence-electron chi connectivity index (χ4n) is 3.96. The highest BCUT2D eigenvalue weighted by molar-refractivity contribution is 7.15. The predicted octanol–water partition coefficient (Wildman–Crippen LogP) is 4.56. The van der Waals surface area contributed by atoms with Crippen molar-refractivity contribution in [2.24, 2.45) is 0 Å². The van der Waals surface area contributed by atoms with Crippen LogP contribution in [-0.2, 0) is 22.3 Å². The number of thiazole rings is 1. The number of carbonyl (C=O) groups is 1. The minimum atomic E-state index is -4.68. The highest BCUT2D eigenvalue weighted by atomic mass is 32.1. The van der Waals surface area contributed by atoms with Crippen LogP contribution in [0.2, 0.25) is 0 Å². The molecule has 182 valence electrons. The Kier molecular flexibility index (Phi) is 6.15. The van der Waals surface area contributed by atoms with E-state index in [0.717, 1.165) is 9.44 Å². The summed E-state index contributed by atoms with van der Waals surface area (Å²) >= 11 is 1.50. The van der Waals surface area contributed by atoms with Gasteiger partial charge in [0, 0.05) is 17.6 Å². The smallest absolute Gasteiger partial charge is 0.368 e. The highest BCUT2D eigenvalue weighted by Crippen LogP contribution is 2.32. The molecule has 0 radical (unpaired) electrons. The number of carbonyl (C=O) groups excluding carboxylic acids is 1. The molecular weight excluding hydrogens is 481 g/mol. The Morgan fingerprint density at radius 2 is 2.03 bits per heavy atom. The molecule has 0 aliphatic carbocycles. The molecule has 1 atom stereocenters. The van der Waals surface area contributed by atoms with Gasteiger partial charge in [-0.25, -0.2) is 15.0 Å². The first kappa shape index (κ1) is 23.2. The molecule has 12 heteroatoms. The standard InChI is InChI=1S/C23H21F3N6O2S/c1-14-11-27-22(35-14)30-19-8-4-6-16(28-19)18-12-31(9-10-34-18)20(33)13-32-17-7-3-2-5-15(17)29-21(32)23(24,25)26/h2-8,11,18H,9-10,12-13H2,1H3,(H,27,28,30). The van der Waals surface area contributed by atoms with Crippen molar-refractivity contribution in [2.75, 3.05) is 25.0 Å². The number of ether oxygens (including phenoxy) is 1. The Morgan fingerprint density at radius 1 is 1.20 bits per heavy atom. The quantitative estimate of drug-likeness (QED) is 0.431. The van der Waals surface area contributed by atoms with Crippen LogP contribution in [0.3, 0.4) is 0 Å². The van der Waals surface area contributed by atoms with Crippen molar-refractivity contribution < 1.29 is 22.7 Å². The Balaban J connectivity index is 1.33. The maximum Gasteiger partial charge on any atom is 0.449 e. The first-order valence-corrected chi connectivity index (χ1v) is 11.7. The van der Waals surface area contributed by atoms with Crippen LogP contribution >= 0.6 is 11.3 Å². The molecule has 1 fully saturated rings. The van der Waals surface area contributed by atoms with Crippen LogP contribution in [0.5, 0.6) is 0 Å². The Bertz CT molecular complexity index is 1370. The fourth-order valence-corrected chi connectivity index (χ4v) is 4.64. The van der Waals surface area contributed by atoms with E-state index in [-0.39, 0.29) is 30.7 Å². The number of morpholine rings is 1. The number of hydrogen-bond acceptors (Lipinski definition) is 7. The van der Waals surface area contributed by atoms with Crippen molar-refractivity contribution in [1.29, 1.82) is 0 Å². The third-order valence-corrected chi connectivity index (χ3v) is 6.41. The molecule has 5 rings (SSSR count). The van der Waals surface area contributed by atoms with Gasteiger partial charge in [0.2, 0.25) is 11.7 Å². The summed E-state index contributed by atoms with van der Waals surface area (Å²) in [6.07, 6.45) is -3.42. The van der Waals surface area contributed by atoms with Gasteiger partial charge in [0.15, 0.2) is 5.13 Å². The molecule has 4 aromatic rings. The lowest BCUT2D eigenvalue weighted by atomic mass is 10.2. The van der Waals surface area contributed by atoms with Crippen molar-refractivity contribution in [3.8, 4) is 0 Å². The van der Waals surface area contributed by atoms with Gasteiger partial charge in [0.05, 0.1) is 29.9 Å². The zero-order chi connectivity index (χ0) is 24.6. The number of benzene rings is 1. The molecule has 0 spiro atoms. The van der Waals surface area contributed by atoms with E-state index in [2.05, 4.69) is 20.3 Å². The van der Waals surface area contributed by atoms with E-state index < -0.39 is 30.6 Å². The largest absolute Gasteiger partial charge is 0.449 e. The maximum absolute atomic E-state index is 13.6. The second kappa shape index (κ2) is 9.27. The molecule has 4 heterocycles. The van der Waals surface area contributed by atoms with E-state index in [0.29, 0.717) is 16.6 Å². The molecule has 1 saturated heterocycles. The SMILES string of the molecule is Cc1cnc(Nc2cccc(C3CN(C(=O)Cn4c(C(F)(F)F)nc5ccccc54)CCO3)n2)s1. The van der Waals surface area contributed by atoms with E-state index in [4.69, 9.17) is 4.74 Å². The fraction of sp³-hybridized carbons (Fsp3) is 0.304. The topological polar surface area (TPSA) is 85.2 Å². The number of halogens is 3. The van der Waals surface area contributed by atoms with Crippen LogP contribution in [-0.4, -0.2) is 50.0 Å². The first-order chi connectivity index (χ1) is 16.8. The second-order valence-electron chi connectivity index (χ2n) is 8.06. The van der Waals surface area contributed by atoms with Gasteiger partial charge >= 0.3 is 6.18 Å². The molecule has 0 bridgehead atoms. The summed E-state index contributed by atoms with van der Waals surface area (Å²) < 4.78 is 47.6. The van der Waals surface area contributed by atoms with Crippen molar-refractivity contribution in [3.05, 3.63) is 65.1 Å². The van der Waals surface area contributed by atoms with Gasteiger partial charge in [0.25, 0.3) is 0 Å². The lowest BCUT2D eigenvalue weighted by Gasteiger charge is -2.33. The number of imidazole rings is 1. The van der Waals surface area contributed by atoms with Gasteiger partial charge in [-0.1, -0.05) is 18.2 Å². The zero-order valence-electron chi connectivity index (χ0n) is 18.6. The third kappa shape index (κ3) is 4.98. The summed E-state index contributed by atoms with van der Waals surface area (Å²) in [5.74, 6) is -0.946. The lowest BCUT2D eigenvalue weighted by molar-refractivity contribution is -0.149. The van der Waals surface area contributed by atoms with Gasteiger partial charge in [-0.2, -0.15) is 13.2 Å². The molecular formula is C23H21F3N6O2S. The van der Waals surface area contributed by atoms with Gasteiger partial charge < -0.3 is 19.5 Å². The number of para-hydroxylation sites is 2. The zero-order valence-corrected chi connectivity index (χ0v) is 19.4. The van der Waals surface area contributed by atoms with Crippen molar-refractivity contribution in [1.82, 2.24) is 24.4 Å². The number of aryl methyl sites for hydroxylation is 1. The summed E-state index contributed by atoms with van der Waals surface area (Å²) in [5.41, 5.74) is 1.07. The van der Waals surface area contributed by atoms with Gasteiger partial charge in [0.1, 0.15) is 18.5 Å². The number of rotatable bonds is 5. The number of hydrogen-bond donors (Lipinski definition) is 1. The summed E-state index contributed by atoms with van der Waals surface area (Å²) in [6, 6.07) is 11.7. The molecule has 1 aromatic carbocycles. The molecule has 3 aromatic heterocycles. The normalized spacial score (nSPS) is 16.6. The molecule has 1 aliphatic rings. The van der Waals surface area contributed by atoms with Crippen molar-refractivity contribution in [3.63, 3.8) is 0 Å². The van der Waals surface area contributed by atoms with E-state index >= 15 is 0 Å². The summed E-state index contributed by atoms with van der Waals surface area (Å²) in [7, 11) is 0. The Labute approximate surface area is 202 Å². The molecule has 35 heavy (non-hydrogen) atoms. The average molecular weight is 503 g/mol. The number of alkyl halides is 3. The number of nitrogens with zero attached hydrogens (tertiary/aromatic N) is 5. The van der Waals surface area contributed by atoms with Gasteiger partial charge in [-0.15, -0.1) is 11.3 Å². The number of aromatic nitrogens is 4. The lowest BCUT2D eigenvalue weighted by Crippen LogP contribution is -2.44. The maximum atomic E-state index is 13.6.